The fourth-order valence-electron chi connectivity index (χ4n) is 3.75. The van der Waals surface area contributed by atoms with E-state index in [0.29, 0.717) is 11.4 Å². The van der Waals surface area contributed by atoms with E-state index in [1.807, 2.05) is 45.9 Å². The van der Waals surface area contributed by atoms with Crippen LogP contribution in [-0.4, -0.2) is 57.1 Å². The minimum Gasteiger partial charge on any atom is -0.497 e. The topological polar surface area (TPSA) is 96.0 Å². The zero-order valence-electron chi connectivity index (χ0n) is 21.6. The standard InChI is InChI=1S/C26H37N3O5S/c1-18(2)23-13-8-9-14-24(23)29(35(7,32)33)17-25(30)28(20(5)26(31)27-19(3)4)16-21-11-10-12-22(15-21)34-6/h8-15,18-20H,16-17H2,1-7H3,(H,27,31). The zero-order valence-corrected chi connectivity index (χ0v) is 22.4. The molecule has 0 aliphatic carbocycles. The van der Waals surface area contributed by atoms with E-state index in [9.17, 15) is 18.0 Å². The predicted octanol–water partition coefficient (Wildman–Crippen LogP) is 3.53. The van der Waals surface area contributed by atoms with Gasteiger partial charge in [-0.05, 0) is 56.0 Å². The maximum absolute atomic E-state index is 13.7. The summed E-state index contributed by atoms with van der Waals surface area (Å²) in [5.74, 6) is -0.125. The largest absolute Gasteiger partial charge is 0.497 e. The first-order valence-electron chi connectivity index (χ1n) is 11.6. The smallest absolute Gasteiger partial charge is 0.244 e. The number of para-hydroxylation sites is 1. The Morgan fingerprint density at radius 1 is 1.00 bits per heavy atom. The molecule has 0 saturated carbocycles. The molecule has 8 nitrogen and oxygen atoms in total. The molecule has 2 rings (SSSR count). The number of benzene rings is 2. The van der Waals surface area contributed by atoms with Gasteiger partial charge in [-0.3, -0.25) is 13.9 Å². The van der Waals surface area contributed by atoms with E-state index < -0.39 is 28.5 Å². The molecule has 0 spiro atoms. The van der Waals surface area contributed by atoms with Gasteiger partial charge in [-0.1, -0.05) is 44.2 Å². The molecule has 0 aliphatic rings. The highest BCUT2D eigenvalue weighted by molar-refractivity contribution is 7.92. The lowest BCUT2D eigenvalue weighted by atomic mass is 10.0. The maximum atomic E-state index is 13.7. The van der Waals surface area contributed by atoms with Crippen molar-refractivity contribution < 1.29 is 22.7 Å². The first-order valence-corrected chi connectivity index (χ1v) is 13.5. The van der Waals surface area contributed by atoms with Crippen molar-refractivity contribution in [2.45, 2.75) is 59.2 Å². The molecule has 0 saturated heterocycles. The molecular formula is C26H37N3O5S. The number of methoxy groups -OCH3 is 1. The Kier molecular flexibility index (Phi) is 9.71. The lowest BCUT2D eigenvalue weighted by Gasteiger charge is -2.32. The first kappa shape index (κ1) is 28.2. The van der Waals surface area contributed by atoms with Crippen molar-refractivity contribution in [2.75, 3.05) is 24.2 Å². The molecule has 1 atom stereocenters. The number of carbonyl (C=O) groups is 2. The maximum Gasteiger partial charge on any atom is 0.244 e. The molecule has 1 unspecified atom stereocenters. The monoisotopic (exact) mass is 503 g/mol. The average molecular weight is 504 g/mol. The van der Waals surface area contributed by atoms with Gasteiger partial charge < -0.3 is 15.0 Å². The molecule has 0 aromatic heterocycles. The van der Waals surface area contributed by atoms with Crippen LogP contribution in [0.15, 0.2) is 48.5 Å². The van der Waals surface area contributed by atoms with E-state index in [4.69, 9.17) is 4.74 Å². The SMILES string of the molecule is COc1cccc(CN(C(=O)CN(c2ccccc2C(C)C)S(C)(=O)=O)C(C)C(=O)NC(C)C)c1. The second-order valence-corrected chi connectivity index (χ2v) is 11.1. The zero-order chi connectivity index (χ0) is 26.3. The van der Waals surface area contributed by atoms with Crippen LogP contribution in [0.5, 0.6) is 5.75 Å². The van der Waals surface area contributed by atoms with Gasteiger partial charge in [0.15, 0.2) is 0 Å². The van der Waals surface area contributed by atoms with Crippen molar-refractivity contribution >= 4 is 27.5 Å². The number of hydrogen-bond acceptors (Lipinski definition) is 5. The molecule has 9 heteroatoms. The Bertz CT molecular complexity index is 1130. The van der Waals surface area contributed by atoms with Gasteiger partial charge in [-0.2, -0.15) is 0 Å². The Labute approximate surface area is 209 Å². The minimum absolute atomic E-state index is 0.0502. The normalized spacial score (nSPS) is 12.4. The third kappa shape index (κ3) is 7.71. The number of ether oxygens (including phenoxy) is 1. The van der Waals surface area contributed by atoms with Crippen molar-refractivity contribution in [1.82, 2.24) is 10.2 Å². The van der Waals surface area contributed by atoms with E-state index in [2.05, 4.69) is 5.32 Å². The van der Waals surface area contributed by atoms with Crippen molar-refractivity contribution in [3.63, 3.8) is 0 Å². The molecule has 0 aliphatic heterocycles. The summed E-state index contributed by atoms with van der Waals surface area (Å²) in [6, 6.07) is 13.4. The molecule has 0 radical (unpaired) electrons. The first-order chi connectivity index (χ1) is 16.3. The summed E-state index contributed by atoms with van der Waals surface area (Å²) in [4.78, 5) is 27.9. The molecule has 0 heterocycles. The summed E-state index contributed by atoms with van der Waals surface area (Å²) < 4.78 is 32.0. The second-order valence-electron chi connectivity index (χ2n) is 9.20. The van der Waals surface area contributed by atoms with E-state index in [1.54, 1.807) is 44.4 Å². The van der Waals surface area contributed by atoms with Crippen LogP contribution in [0.25, 0.3) is 0 Å². The van der Waals surface area contributed by atoms with Crippen molar-refractivity contribution in [3.8, 4) is 5.75 Å². The highest BCUT2D eigenvalue weighted by Crippen LogP contribution is 2.29. The molecule has 2 amide bonds. The number of carbonyl (C=O) groups excluding carboxylic acids is 2. The third-order valence-corrected chi connectivity index (χ3v) is 6.72. The van der Waals surface area contributed by atoms with Gasteiger partial charge in [-0.15, -0.1) is 0 Å². The third-order valence-electron chi connectivity index (χ3n) is 5.59. The molecule has 192 valence electrons. The van der Waals surface area contributed by atoms with Crippen LogP contribution >= 0.6 is 0 Å². The van der Waals surface area contributed by atoms with Gasteiger partial charge in [-0.25, -0.2) is 8.42 Å². The summed E-state index contributed by atoms with van der Waals surface area (Å²) in [6.07, 6.45) is 1.08. The summed E-state index contributed by atoms with van der Waals surface area (Å²) in [5.41, 5.74) is 2.03. The van der Waals surface area contributed by atoms with Crippen LogP contribution in [0.2, 0.25) is 0 Å². The summed E-state index contributed by atoms with van der Waals surface area (Å²) in [6.45, 7) is 8.95. The quantitative estimate of drug-likeness (QED) is 0.506. The fourth-order valence-corrected chi connectivity index (χ4v) is 4.62. The number of nitrogens with one attached hydrogen (secondary N) is 1. The number of nitrogens with zero attached hydrogens (tertiary/aromatic N) is 2. The summed E-state index contributed by atoms with van der Waals surface area (Å²) in [5, 5.41) is 2.84. The molecular weight excluding hydrogens is 466 g/mol. The Morgan fingerprint density at radius 3 is 2.23 bits per heavy atom. The van der Waals surface area contributed by atoms with E-state index in [0.717, 1.165) is 21.7 Å². The fraction of sp³-hybridized carbons (Fsp3) is 0.462. The van der Waals surface area contributed by atoms with Crippen LogP contribution in [0.4, 0.5) is 5.69 Å². The van der Waals surface area contributed by atoms with Crippen LogP contribution in [0.1, 0.15) is 51.7 Å². The van der Waals surface area contributed by atoms with Crippen molar-refractivity contribution in [1.29, 1.82) is 0 Å². The van der Waals surface area contributed by atoms with Gasteiger partial charge in [0.05, 0.1) is 19.1 Å². The molecule has 2 aromatic rings. The minimum atomic E-state index is -3.79. The van der Waals surface area contributed by atoms with E-state index in [1.165, 1.54) is 4.90 Å². The van der Waals surface area contributed by atoms with Gasteiger partial charge >= 0.3 is 0 Å². The average Bonchev–Trinajstić information content (AvgIpc) is 2.79. The second kappa shape index (κ2) is 12.1. The van der Waals surface area contributed by atoms with E-state index >= 15 is 0 Å². The summed E-state index contributed by atoms with van der Waals surface area (Å²) in [7, 11) is -2.23. The number of rotatable bonds is 11. The Hall–Kier alpha value is -3.07. The molecule has 0 bridgehead atoms. The van der Waals surface area contributed by atoms with Gasteiger partial charge in [0.1, 0.15) is 18.3 Å². The number of sulfonamides is 1. The summed E-state index contributed by atoms with van der Waals surface area (Å²) >= 11 is 0. The molecule has 35 heavy (non-hydrogen) atoms. The highest BCUT2D eigenvalue weighted by atomic mass is 32.2. The Morgan fingerprint density at radius 2 is 1.66 bits per heavy atom. The van der Waals surface area contributed by atoms with Gasteiger partial charge in [0.25, 0.3) is 0 Å². The lowest BCUT2D eigenvalue weighted by Crippen LogP contribution is -2.52. The van der Waals surface area contributed by atoms with Crippen LogP contribution < -0.4 is 14.4 Å². The van der Waals surface area contributed by atoms with Gasteiger partial charge in [0.2, 0.25) is 21.8 Å². The highest BCUT2D eigenvalue weighted by Gasteiger charge is 2.31. The number of hydrogen-bond donors (Lipinski definition) is 1. The molecule has 0 fully saturated rings. The Balaban J connectivity index is 2.47. The number of amides is 2. The molecule has 1 N–H and O–H groups in total. The predicted molar refractivity (Wildman–Crippen MR) is 139 cm³/mol. The van der Waals surface area contributed by atoms with Crippen LogP contribution in [-0.2, 0) is 26.2 Å². The van der Waals surface area contributed by atoms with Crippen molar-refractivity contribution in [3.05, 3.63) is 59.7 Å². The number of anilines is 1. The lowest BCUT2D eigenvalue weighted by molar-refractivity contribution is -0.139. The van der Waals surface area contributed by atoms with Crippen LogP contribution in [0.3, 0.4) is 0 Å². The van der Waals surface area contributed by atoms with Gasteiger partial charge in [0, 0.05) is 12.6 Å². The molecule has 2 aromatic carbocycles. The van der Waals surface area contributed by atoms with Crippen molar-refractivity contribution in [2.24, 2.45) is 0 Å². The van der Waals surface area contributed by atoms with Crippen LogP contribution in [0, 0.1) is 0 Å². The van der Waals surface area contributed by atoms with E-state index in [-0.39, 0.29) is 24.4 Å².